The van der Waals surface area contributed by atoms with Crippen LogP contribution < -0.4 is 5.32 Å². The van der Waals surface area contributed by atoms with Crippen molar-refractivity contribution < 1.29 is 9.84 Å². The molecule has 12 heavy (non-hydrogen) atoms. The maximum absolute atomic E-state index is 8.56. The molecule has 0 amide bonds. The first-order chi connectivity index (χ1) is 5.92. The van der Waals surface area contributed by atoms with E-state index in [-0.39, 0.29) is 6.61 Å². The van der Waals surface area contributed by atoms with Crippen LogP contribution in [0.4, 0.5) is 0 Å². The highest BCUT2D eigenvalue weighted by Gasteiger charge is 2.44. The SMILES string of the molecule is OCCCOC1CC2CCNC21. The summed E-state index contributed by atoms with van der Waals surface area (Å²) in [5, 5.41) is 12.0. The van der Waals surface area contributed by atoms with Crippen molar-refractivity contribution in [2.75, 3.05) is 19.8 Å². The normalized spacial score (nSPS) is 39.2. The lowest BCUT2D eigenvalue weighted by Crippen LogP contribution is -2.51. The summed E-state index contributed by atoms with van der Waals surface area (Å²) in [6, 6.07) is 0.628. The number of ether oxygens (including phenoxy) is 1. The van der Waals surface area contributed by atoms with E-state index >= 15 is 0 Å². The van der Waals surface area contributed by atoms with Gasteiger partial charge in [-0.05, 0) is 31.7 Å². The van der Waals surface area contributed by atoms with E-state index in [1.54, 1.807) is 0 Å². The van der Waals surface area contributed by atoms with Crippen LogP contribution >= 0.6 is 0 Å². The summed E-state index contributed by atoms with van der Waals surface area (Å²) >= 11 is 0. The predicted octanol–water partition coefficient (Wildman–Crippen LogP) is 0.136. The lowest BCUT2D eigenvalue weighted by molar-refractivity contribution is -0.0496. The topological polar surface area (TPSA) is 41.5 Å². The number of fused-ring (bicyclic) bond motifs is 1. The molecule has 0 spiro atoms. The number of hydrogen-bond donors (Lipinski definition) is 2. The van der Waals surface area contributed by atoms with E-state index in [1.165, 1.54) is 12.8 Å². The van der Waals surface area contributed by atoms with E-state index in [2.05, 4.69) is 5.32 Å². The van der Waals surface area contributed by atoms with Crippen LogP contribution in [0, 0.1) is 5.92 Å². The molecular formula is C9H17NO2. The second-order valence-corrected chi connectivity index (χ2v) is 3.75. The van der Waals surface area contributed by atoms with Crippen molar-refractivity contribution in [1.29, 1.82) is 0 Å². The fraction of sp³-hybridized carbons (Fsp3) is 1.00. The Morgan fingerprint density at radius 1 is 1.50 bits per heavy atom. The molecule has 0 aromatic carbocycles. The molecule has 70 valence electrons. The summed E-state index contributed by atoms with van der Waals surface area (Å²) in [7, 11) is 0. The van der Waals surface area contributed by atoms with E-state index in [1.807, 2.05) is 0 Å². The third-order valence-electron chi connectivity index (χ3n) is 2.97. The van der Waals surface area contributed by atoms with Crippen LogP contribution in [0.1, 0.15) is 19.3 Å². The molecule has 0 aromatic rings. The Hall–Kier alpha value is -0.120. The van der Waals surface area contributed by atoms with Crippen LogP contribution in [0.2, 0.25) is 0 Å². The van der Waals surface area contributed by atoms with Gasteiger partial charge in [0.25, 0.3) is 0 Å². The maximum atomic E-state index is 8.56. The molecule has 3 unspecified atom stereocenters. The first kappa shape index (κ1) is 8.48. The van der Waals surface area contributed by atoms with Crippen molar-refractivity contribution in [2.45, 2.75) is 31.4 Å². The highest BCUT2D eigenvalue weighted by molar-refractivity contribution is 5.00. The fourth-order valence-corrected chi connectivity index (χ4v) is 2.20. The summed E-state index contributed by atoms with van der Waals surface area (Å²) in [6.45, 7) is 2.12. The van der Waals surface area contributed by atoms with Gasteiger partial charge >= 0.3 is 0 Å². The molecule has 1 saturated carbocycles. The van der Waals surface area contributed by atoms with Crippen LogP contribution in [0.3, 0.4) is 0 Å². The Balaban J connectivity index is 1.64. The highest BCUT2D eigenvalue weighted by Crippen LogP contribution is 2.36. The van der Waals surface area contributed by atoms with Gasteiger partial charge in [-0.1, -0.05) is 0 Å². The Kier molecular flexibility index (Phi) is 2.63. The zero-order chi connectivity index (χ0) is 8.39. The summed E-state index contributed by atoms with van der Waals surface area (Å²) < 4.78 is 5.61. The van der Waals surface area contributed by atoms with Crippen molar-refractivity contribution in [2.24, 2.45) is 5.92 Å². The molecule has 3 atom stereocenters. The van der Waals surface area contributed by atoms with E-state index < -0.39 is 0 Å². The van der Waals surface area contributed by atoms with Gasteiger partial charge in [-0.3, -0.25) is 0 Å². The second-order valence-electron chi connectivity index (χ2n) is 3.75. The average Bonchev–Trinajstić information content (AvgIpc) is 2.41. The largest absolute Gasteiger partial charge is 0.396 e. The van der Waals surface area contributed by atoms with E-state index in [4.69, 9.17) is 9.84 Å². The van der Waals surface area contributed by atoms with Crippen LogP contribution in [-0.2, 0) is 4.74 Å². The minimum atomic E-state index is 0.244. The van der Waals surface area contributed by atoms with E-state index in [9.17, 15) is 0 Å². The van der Waals surface area contributed by atoms with E-state index in [0.29, 0.717) is 18.8 Å². The Labute approximate surface area is 73.1 Å². The highest BCUT2D eigenvalue weighted by atomic mass is 16.5. The minimum absolute atomic E-state index is 0.244. The summed E-state index contributed by atoms with van der Waals surface area (Å²) in [4.78, 5) is 0. The van der Waals surface area contributed by atoms with Crippen molar-refractivity contribution in [3.05, 3.63) is 0 Å². The second kappa shape index (κ2) is 3.73. The molecule has 0 aromatic heterocycles. The van der Waals surface area contributed by atoms with Gasteiger partial charge in [0.1, 0.15) is 0 Å². The minimum Gasteiger partial charge on any atom is -0.396 e. The van der Waals surface area contributed by atoms with Crippen LogP contribution in [0.5, 0.6) is 0 Å². The van der Waals surface area contributed by atoms with Gasteiger partial charge in [0, 0.05) is 19.3 Å². The molecule has 1 aliphatic carbocycles. The van der Waals surface area contributed by atoms with Gasteiger partial charge in [0.05, 0.1) is 6.10 Å². The van der Waals surface area contributed by atoms with Crippen LogP contribution in [-0.4, -0.2) is 37.0 Å². The van der Waals surface area contributed by atoms with Crippen molar-refractivity contribution >= 4 is 0 Å². The van der Waals surface area contributed by atoms with Crippen molar-refractivity contribution in [3.8, 4) is 0 Å². The van der Waals surface area contributed by atoms with Gasteiger partial charge in [-0.15, -0.1) is 0 Å². The monoisotopic (exact) mass is 171 g/mol. The van der Waals surface area contributed by atoms with Crippen molar-refractivity contribution in [3.63, 3.8) is 0 Å². The molecule has 1 aliphatic heterocycles. The van der Waals surface area contributed by atoms with E-state index in [0.717, 1.165) is 18.9 Å². The standard InChI is InChI=1S/C9H17NO2/c11-4-1-5-12-8-6-7-2-3-10-9(7)8/h7-11H,1-6H2. The number of aliphatic hydroxyl groups is 1. The third kappa shape index (κ3) is 1.49. The zero-order valence-corrected chi connectivity index (χ0v) is 7.33. The maximum Gasteiger partial charge on any atom is 0.0734 e. The quantitative estimate of drug-likeness (QED) is 0.591. The Bertz CT molecular complexity index is 151. The summed E-state index contributed by atoms with van der Waals surface area (Å²) in [5.74, 6) is 0.879. The molecule has 2 rings (SSSR count). The van der Waals surface area contributed by atoms with Gasteiger partial charge in [0.2, 0.25) is 0 Å². The van der Waals surface area contributed by atoms with Crippen LogP contribution in [0.15, 0.2) is 0 Å². The number of aliphatic hydroxyl groups excluding tert-OH is 1. The molecule has 2 aliphatic rings. The first-order valence-electron chi connectivity index (χ1n) is 4.87. The number of hydrogen-bond acceptors (Lipinski definition) is 3. The molecule has 0 bridgehead atoms. The predicted molar refractivity (Wildman–Crippen MR) is 46.0 cm³/mol. The summed E-state index contributed by atoms with van der Waals surface area (Å²) in [5.41, 5.74) is 0. The summed E-state index contributed by atoms with van der Waals surface area (Å²) in [6.07, 6.45) is 3.76. The Morgan fingerprint density at radius 3 is 3.17 bits per heavy atom. The molecule has 1 heterocycles. The lowest BCUT2D eigenvalue weighted by Gasteiger charge is -2.39. The molecule has 3 nitrogen and oxygen atoms in total. The zero-order valence-electron chi connectivity index (χ0n) is 7.33. The lowest BCUT2D eigenvalue weighted by atomic mass is 9.78. The van der Waals surface area contributed by atoms with Gasteiger partial charge in [0.15, 0.2) is 0 Å². The smallest absolute Gasteiger partial charge is 0.0734 e. The Morgan fingerprint density at radius 2 is 2.42 bits per heavy atom. The number of rotatable bonds is 4. The molecule has 3 heteroatoms. The molecule has 1 saturated heterocycles. The molecular weight excluding hydrogens is 154 g/mol. The average molecular weight is 171 g/mol. The van der Waals surface area contributed by atoms with Gasteiger partial charge < -0.3 is 15.2 Å². The number of nitrogens with one attached hydrogen (secondary N) is 1. The molecule has 2 fully saturated rings. The first-order valence-corrected chi connectivity index (χ1v) is 4.87. The third-order valence-corrected chi connectivity index (χ3v) is 2.97. The van der Waals surface area contributed by atoms with Crippen molar-refractivity contribution in [1.82, 2.24) is 5.32 Å². The fourth-order valence-electron chi connectivity index (χ4n) is 2.20. The molecule has 2 N–H and O–H groups in total. The van der Waals surface area contributed by atoms with Gasteiger partial charge in [-0.25, -0.2) is 0 Å². The van der Waals surface area contributed by atoms with Gasteiger partial charge in [-0.2, -0.15) is 0 Å². The molecule has 0 radical (unpaired) electrons. The van der Waals surface area contributed by atoms with Crippen LogP contribution in [0.25, 0.3) is 0 Å².